The molecule has 0 bridgehead atoms. The third-order valence-electron chi connectivity index (χ3n) is 5.98. The molecule has 0 saturated heterocycles. The number of para-hydroxylation sites is 2. The Morgan fingerprint density at radius 1 is 1.36 bits per heavy atom. The fourth-order valence-electron chi connectivity index (χ4n) is 3.85. The number of carbonyl (C=O) groups is 1. The molecule has 0 aliphatic heterocycles. The second-order valence-corrected chi connectivity index (χ2v) is 7.78. The number of fused-ring (bicyclic) bond motifs is 1. The number of halogens is 2. The van der Waals surface area contributed by atoms with Crippen LogP contribution in [-0.2, 0) is 23.0 Å². The predicted octanol–water partition coefficient (Wildman–Crippen LogP) is 3.00. The van der Waals surface area contributed by atoms with Crippen molar-refractivity contribution in [2.75, 3.05) is 13.2 Å². The first-order chi connectivity index (χ1) is 12.3. The molecular formula is C20H32Cl2N4O2. The van der Waals surface area contributed by atoms with Gasteiger partial charge in [-0.2, -0.15) is 0 Å². The smallest absolute Gasteiger partial charge is 0.240 e. The van der Waals surface area contributed by atoms with E-state index in [1.54, 1.807) is 0 Å². The lowest BCUT2D eigenvalue weighted by Crippen LogP contribution is -2.75. The molecule has 2 aromatic rings. The van der Waals surface area contributed by atoms with Crippen molar-refractivity contribution in [2.24, 2.45) is 18.2 Å². The molecule has 0 spiro atoms. The van der Waals surface area contributed by atoms with E-state index in [-0.39, 0.29) is 42.2 Å². The predicted molar refractivity (Wildman–Crippen MR) is 117 cm³/mol. The van der Waals surface area contributed by atoms with Gasteiger partial charge in [0.2, 0.25) is 5.91 Å². The van der Waals surface area contributed by atoms with Gasteiger partial charge in [-0.15, -0.1) is 24.8 Å². The molecule has 1 aromatic heterocycles. The molecule has 8 heteroatoms. The molecule has 3 N–H and O–H groups in total. The highest BCUT2D eigenvalue weighted by Crippen LogP contribution is 2.49. The number of imidazole rings is 1. The van der Waals surface area contributed by atoms with Gasteiger partial charge in [0.25, 0.3) is 0 Å². The van der Waals surface area contributed by atoms with E-state index >= 15 is 0 Å². The van der Waals surface area contributed by atoms with Crippen molar-refractivity contribution in [1.29, 1.82) is 0 Å². The van der Waals surface area contributed by atoms with Crippen LogP contribution in [-0.4, -0.2) is 40.3 Å². The van der Waals surface area contributed by atoms with Crippen molar-refractivity contribution in [3.63, 3.8) is 0 Å². The van der Waals surface area contributed by atoms with Gasteiger partial charge in [-0.1, -0.05) is 26.0 Å². The van der Waals surface area contributed by atoms with Crippen LogP contribution < -0.4 is 11.1 Å². The van der Waals surface area contributed by atoms with Crippen molar-refractivity contribution >= 4 is 41.8 Å². The quantitative estimate of drug-likeness (QED) is 0.661. The van der Waals surface area contributed by atoms with Gasteiger partial charge < -0.3 is 20.4 Å². The van der Waals surface area contributed by atoms with Crippen LogP contribution in [0.1, 0.15) is 39.4 Å². The molecule has 6 nitrogen and oxygen atoms in total. The molecule has 1 amide bonds. The van der Waals surface area contributed by atoms with E-state index in [9.17, 15) is 4.79 Å². The lowest BCUT2D eigenvalue weighted by molar-refractivity contribution is -0.170. The maximum atomic E-state index is 12.6. The van der Waals surface area contributed by atoms with Crippen LogP contribution in [0.25, 0.3) is 11.0 Å². The van der Waals surface area contributed by atoms with Crippen LogP contribution in [0.4, 0.5) is 0 Å². The Labute approximate surface area is 179 Å². The van der Waals surface area contributed by atoms with Crippen LogP contribution in [0.2, 0.25) is 0 Å². The molecule has 1 fully saturated rings. The van der Waals surface area contributed by atoms with E-state index in [0.29, 0.717) is 19.6 Å². The van der Waals surface area contributed by atoms with Crippen LogP contribution in [0.5, 0.6) is 0 Å². The van der Waals surface area contributed by atoms with Gasteiger partial charge in [0.05, 0.1) is 17.1 Å². The molecular weight excluding hydrogens is 399 g/mol. The second-order valence-electron chi connectivity index (χ2n) is 7.78. The fraction of sp³-hybridized carbons (Fsp3) is 0.600. The van der Waals surface area contributed by atoms with Crippen molar-refractivity contribution in [1.82, 2.24) is 14.9 Å². The zero-order valence-electron chi connectivity index (χ0n) is 17.0. The molecule has 28 heavy (non-hydrogen) atoms. The van der Waals surface area contributed by atoms with E-state index in [1.807, 2.05) is 46.0 Å². The number of benzene rings is 1. The van der Waals surface area contributed by atoms with Crippen LogP contribution >= 0.6 is 24.8 Å². The van der Waals surface area contributed by atoms with Crippen LogP contribution in [0, 0.1) is 5.41 Å². The number of hydrogen-bond donors (Lipinski definition) is 2. The molecule has 1 heterocycles. The summed E-state index contributed by atoms with van der Waals surface area (Å²) in [5, 5.41) is 3.01. The maximum Gasteiger partial charge on any atom is 0.240 e. The Morgan fingerprint density at radius 3 is 2.64 bits per heavy atom. The Bertz CT molecular complexity index is 809. The summed E-state index contributed by atoms with van der Waals surface area (Å²) in [4.78, 5) is 17.3. The largest absolute Gasteiger partial charge is 0.378 e. The zero-order chi connectivity index (χ0) is 18.9. The van der Waals surface area contributed by atoms with Gasteiger partial charge in [-0.05, 0) is 25.5 Å². The number of amides is 1. The maximum absolute atomic E-state index is 12.6. The average molecular weight is 431 g/mol. The Morgan fingerprint density at radius 2 is 2.04 bits per heavy atom. The summed E-state index contributed by atoms with van der Waals surface area (Å²) in [6.45, 7) is 7.22. The minimum absolute atomic E-state index is 0. The molecule has 2 atom stereocenters. The average Bonchev–Trinajstić information content (AvgIpc) is 2.94. The summed E-state index contributed by atoms with van der Waals surface area (Å²) in [5.74, 6) is 0.951. The lowest BCUT2D eigenvalue weighted by atomic mass is 9.54. The van der Waals surface area contributed by atoms with E-state index in [2.05, 4.69) is 20.9 Å². The number of nitrogens with zero attached hydrogens (tertiary/aromatic N) is 2. The first-order valence-corrected chi connectivity index (χ1v) is 9.40. The number of nitrogens with one attached hydrogen (secondary N) is 1. The number of rotatable bonds is 7. The van der Waals surface area contributed by atoms with Gasteiger partial charge in [-0.25, -0.2) is 4.98 Å². The van der Waals surface area contributed by atoms with Crippen LogP contribution in [0.3, 0.4) is 0 Å². The summed E-state index contributed by atoms with van der Waals surface area (Å²) < 4.78 is 7.81. The molecule has 0 radical (unpaired) electrons. The fourth-order valence-corrected chi connectivity index (χ4v) is 3.85. The molecule has 158 valence electrons. The number of carbonyl (C=O) groups excluding carboxylic acids is 1. The summed E-state index contributed by atoms with van der Waals surface area (Å²) in [7, 11) is 2.03. The monoisotopic (exact) mass is 430 g/mol. The molecule has 2 unspecified atom stereocenters. The van der Waals surface area contributed by atoms with Gasteiger partial charge in [0.15, 0.2) is 0 Å². The summed E-state index contributed by atoms with van der Waals surface area (Å²) >= 11 is 0. The first-order valence-electron chi connectivity index (χ1n) is 9.40. The van der Waals surface area contributed by atoms with Gasteiger partial charge >= 0.3 is 0 Å². The SMILES string of the molecule is CCOC1CC(N)(C(=O)NCCCc2nc3ccccc3n2C)C1(C)C.Cl.Cl. The lowest BCUT2D eigenvalue weighted by Gasteiger charge is -2.57. The number of hydrogen-bond acceptors (Lipinski definition) is 4. The topological polar surface area (TPSA) is 82.2 Å². The van der Waals surface area contributed by atoms with Crippen molar-refractivity contribution in [3.8, 4) is 0 Å². The highest BCUT2D eigenvalue weighted by molar-refractivity contribution is 5.88. The Balaban J connectivity index is 0.00000196. The number of ether oxygens (including phenoxy) is 1. The van der Waals surface area contributed by atoms with Crippen molar-refractivity contribution in [2.45, 2.75) is 51.7 Å². The highest BCUT2D eigenvalue weighted by Gasteiger charge is 2.62. The second kappa shape index (κ2) is 9.44. The van der Waals surface area contributed by atoms with Gasteiger partial charge in [0, 0.05) is 38.5 Å². The molecule has 1 aliphatic rings. The molecule has 1 aliphatic carbocycles. The van der Waals surface area contributed by atoms with Crippen LogP contribution in [0.15, 0.2) is 24.3 Å². The molecule has 1 saturated carbocycles. The summed E-state index contributed by atoms with van der Waals surface area (Å²) in [5.41, 5.74) is 7.33. The molecule has 1 aromatic carbocycles. The van der Waals surface area contributed by atoms with Gasteiger partial charge in [0.1, 0.15) is 11.4 Å². The third kappa shape index (κ3) is 4.15. The minimum Gasteiger partial charge on any atom is -0.378 e. The Hall–Kier alpha value is -1.34. The summed E-state index contributed by atoms with van der Waals surface area (Å²) in [6.07, 6.45) is 2.26. The number of aryl methyl sites for hydroxylation is 2. The van der Waals surface area contributed by atoms with E-state index < -0.39 is 5.54 Å². The zero-order valence-corrected chi connectivity index (χ0v) is 18.7. The number of nitrogens with two attached hydrogens (primary N) is 1. The minimum atomic E-state index is -0.856. The van der Waals surface area contributed by atoms with E-state index in [1.165, 1.54) is 0 Å². The van der Waals surface area contributed by atoms with E-state index in [0.717, 1.165) is 29.7 Å². The Kier molecular flexibility index (Phi) is 8.33. The van der Waals surface area contributed by atoms with Gasteiger partial charge in [-0.3, -0.25) is 4.79 Å². The van der Waals surface area contributed by atoms with Crippen molar-refractivity contribution < 1.29 is 9.53 Å². The van der Waals surface area contributed by atoms with Crippen molar-refractivity contribution in [3.05, 3.63) is 30.1 Å². The molecule has 3 rings (SSSR count). The third-order valence-corrected chi connectivity index (χ3v) is 5.98. The first kappa shape index (κ1) is 24.7. The van der Waals surface area contributed by atoms with E-state index in [4.69, 9.17) is 10.5 Å². The number of aromatic nitrogens is 2. The summed E-state index contributed by atoms with van der Waals surface area (Å²) in [6, 6.07) is 8.10. The standard InChI is InChI=1S/C20H30N4O2.2ClH/c1-5-26-16-13-20(21,19(16,2)3)18(25)22-12-8-11-17-23-14-9-6-7-10-15(14)24(17)4;;/h6-7,9-10,16H,5,8,11-13,21H2,1-4H3,(H,22,25);2*1H. The normalized spacial score (nSPS) is 22.7. The highest BCUT2D eigenvalue weighted by atomic mass is 35.5.